The number of aromatic nitrogens is 2. The van der Waals surface area contributed by atoms with Gasteiger partial charge in [-0.05, 0) is 37.1 Å². The minimum absolute atomic E-state index is 0.391. The summed E-state index contributed by atoms with van der Waals surface area (Å²) in [6, 6.07) is 7.95. The molecule has 0 radical (unpaired) electrons. The van der Waals surface area contributed by atoms with Crippen molar-refractivity contribution in [3.8, 4) is 5.69 Å². The summed E-state index contributed by atoms with van der Waals surface area (Å²) in [5, 5.41) is 0.843. The number of hydrogen-bond acceptors (Lipinski definition) is 5. The van der Waals surface area contributed by atoms with Crippen molar-refractivity contribution >= 4 is 17.7 Å². The molecule has 2 aromatic heterocycles. The summed E-state index contributed by atoms with van der Waals surface area (Å²) in [6.07, 6.45) is 5.21. The molecule has 0 aliphatic rings. The summed E-state index contributed by atoms with van der Waals surface area (Å²) in [5.74, 6) is 0.693. The third-order valence-corrected chi connectivity index (χ3v) is 4.68. The monoisotopic (exact) mass is 342 g/mol. The number of thioether (sulfide) groups is 1. The Morgan fingerprint density at radius 3 is 2.96 bits per heavy atom. The predicted molar refractivity (Wildman–Crippen MR) is 92.6 cm³/mol. The van der Waals surface area contributed by atoms with Gasteiger partial charge in [-0.1, -0.05) is 23.9 Å². The predicted octanol–water partition coefficient (Wildman–Crippen LogP) is 4.16. The average molecular weight is 342 g/mol. The summed E-state index contributed by atoms with van der Waals surface area (Å²) >= 11 is 1.51. The third kappa shape index (κ3) is 3.23. The Balaban J connectivity index is 1.84. The highest BCUT2D eigenvalue weighted by molar-refractivity contribution is 7.98. The Labute approximate surface area is 144 Å². The number of furan rings is 1. The fraction of sp³-hybridized carbons (Fsp3) is 0.222. The highest BCUT2D eigenvalue weighted by Crippen LogP contribution is 2.27. The van der Waals surface area contributed by atoms with E-state index in [9.17, 15) is 4.79 Å². The van der Waals surface area contributed by atoms with Gasteiger partial charge in [0.25, 0.3) is 0 Å². The number of rotatable bonds is 5. The summed E-state index contributed by atoms with van der Waals surface area (Å²) in [5.41, 5.74) is 3.92. The highest BCUT2D eigenvalue weighted by atomic mass is 32.2. The molecule has 0 saturated carbocycles. The Morgan fingerprint density at radius 2 is 2.17 bits per heavy atom. The van der Waals surface area contributed by atoms with Crippen LogP contribution in [0.4, 0.5) is 0 Å². The first-order valence-electron chi connectivity index (χ1n) is 7.48. The zero-order chi connectivity index (χ0) is 17.1. The molecule has 3 aromatic rings. The maximum Gasteiger partial charge on any atom is 0.341 e. The van der Waals surface area contributed by atoms with Crippen molar-refractivity contribution in [2.24, 2.45) is 0 Å². The fourth-order valence-corrected chi connectivity index (χ4v) is 3.35. The molecular weight excluding hydrogens is 324 g/mol. The van der Waals surface area contributed by atoms with Crippen LogP contribution in [0.2, 0.25) is 0 Å². The molecule has 0 fully saturated rings. The molecule has 0 aliphatic carbocycles. The van der Waals surface area contributed by atoms with Crippen molar-refractivity contribution in [2.45, 2.75) is 24.8 Å². The second-order valence-electron chi connectivity index (χ2n) is 5.41. The first-order chi connectivity index (χ1) is 11.6. The van der Waals surface area contributed by atoms with Gasteiger partial charge in [-0.2, -0.15) is 0 Å². The Hall–Kier alpha value is -2.47. The fourth-order valence-electron chi connectivity index (χ4n) is 2.43. The molecule has 24 heavy (non-hydrogen) atoms. The quantitative estimate of drug-likeness (QED) is 0.515. The third-order valence-electron chi connectivity index (χ3n) is 3.71. The normalized spacial score (nSPS) is 10.8. The molecule has 1 aromatic carbocycles. The lowest BCUT2D eigenvalue weighted by Gasteiger charge is -2.11. The van der Waals surface area contributed by atoms with Gasteiger partial charge in [-0.25, -0.2) is 9.78 Å². The molecule has 0 aliphatic heterocycles. The van der Waals surface area contributed by atoms with Gasteiger partial charge >= 0.3 is 5.97 Å². The number of esters is 1. The van der Waals surface area contributed by atoms with Crippen molar-refractivity contribution in [2.75, 3.05) is 7.11 Å². The first kappa shape index (κ1) is 16.4. The van der Waals surface area contributed by atoms with Crippen molar-refractivity contribution in [3.05, 3.63) is 65.4 Å². The zero-order valence-electron chi connectivity index (χ0n) is 13.8. The van der Waals surface area contributed by atoms with E-state index in [-0.39, 0.29) is 0 Å². The van der Waals surface area contributed by atoms with Gasteiger partial charge in [0.05, 0.1) is 24.8 Å². The topological polar surface area (TPSA) is 57.3 Å². The number of aryl methyl sites for hydroxylation is 2. The molecule has 0 spiro atoms. The smallest absolute Gasteiger partial charge is 0.341 e. The number of benzene rings is 1. The summed E-state index contributed by atoms with van der Waals surface area (Å²) < 4.78 is 12.2. The van der Waals surface area contributed by atoms with Crippen LogP contribution in [-0.2, 0) is 10.5 Å². The van der Waals surface area contributed by atoms with E-state index >= 15 is 0 Å². The van der Waals surface area contributed by atoms with E-state index in [1.165, 1.54) is 36.3 Å². The van der Waals surface area contributed by atoms with Gasteiger partial charge in [-0.3, -0.25) is 4.57 Å². The first-order valence-corrected chi connectivity index (χ1v) is 8.47. The lowest BCUT2D eigenvalue weighted by molar-refractivity contribution is 0.0598. The van der Waals surface area contributed by atoms with Crippen molar-refractivity contribution in [3.63, 3.8) is 0 Å². The van der Waals surface area contributed by atoms with Gasteiger partial charge in [0.2, 0.25) is 0 Å². The SMILES string of the molecule is COC(=O)c1ccoc1CSc1nccn1-c1cc(C)ccc1C. The summed E-state index contributed by atoms with van der Waals surface area (Å²) in [4.78, 5) is 16.1. The van der Waals surface area contributed by atoms with Gasteiger partial charge < -0.3 is 9.15 Å². The van der Waals surface area contributed by atoms with E-state index in [4.69, 9.17) is 9.15 Å². The lowest BCUT2D eigenvalue weighted by atomic mass is 10.1. The van der Waals surface area contributed by atoms with E-state index in [1.807, 2.05) is 10.8 Å². The number of carbonyl (C=O) groups excluding carboxylic acids is 1. The van der Waals surface area contributed by atoms with E-state index in [2.05, 4.69) is 37.0 Å². The van der Waals surface area contributed by atoms with Crippen molar-refractivity contribution < 1.29 is 13.9 Å². The molecule has 0 saturated heterocycles. The maximum atomic E-state index is 11.7. The standard InChI is InChI=1S/C18H18N2O3S/c1-12-4-5-13(2)15(10-12)20-8-7-19-18(20)24-11-16-14(6-9-23-16)17(21)22-3/h4-10H,11H2,1-3H3. The molecule has 2 heterocycles. The van der Waals surface area contributed by atoms with Crippen LogP contribution in [0.3, 0.4) is 0 Å². The van der Waals surface area contributed by atoms with E-state index in [1.54, 1.807) is 12.3 Å². The van der Waals surface area contributed by atoms with Crippen LogP contribution >= 0.6 is 11.8 Å². The number of methoxy groups -OCH3 is 1. The second-order valence-corrected chi connectivity index (χ2v) is 6.35. The second kappa shape index (κ2) is 6.97. The van der Waals surface area contributed by atoms with Crippen LogP contribution in [0.1, 0.15) is 27.2 Å². The number of imidazole rings is 1. The number of ether oxygens (including phenoxy) is 1. The highest BCUT2D eigenvalue weighted by Gasteiger charge is 2.16. The van der Waals surface area contributed by atoms with Crippen LogP contribution in [0.25, 0.3) is 5.69 Å². The maximum absolute atomic E-state index is 11.7. The Kier molecular flexibility index (Phi) is 4.76. The van der Waals surface area contributed by atoms with E-state index in [0.29, 0.717) is 17.1 Å². The van der Waals surface area contributed by atoms with Crippen LogP contribution in [-0.4, -0.2) is 22.6 Å². The molecule has 5 nitrogen and oxygen atoms in total. The molecular formula is C18H18N2O3S. The molecule has 0 atom stereocenters. The molecule has 0 bridgehead atoms. The van der Waals surface area contributed by atoms with E-state index < -0.39 is 5.97 Å². The molecule has 0 N–H and O–H groups in total. The van der Waals surface area contributed by atoms with Crippen LogP contribution in [0.15, 0.2) is 52.5 Å². The zero-order valence-corrected chi connectivity index (χ0v) is 14.6. The minimum atomic E-state index is -0.391. The van der Waals surface area contributed by atoms with Crippen molar-refractivity contribution in [1.82, 2.24) is 9.55 Å². The van der Waals surface area contributed by atoms with Gasteiger partial charge in [0, 0.05) is 12.4 Å². The Bertz CT molecular complexity index is 867. The average Bonchev–Trinajstić information content (AvgIpc) is 3.23. The molecule has 124 valence electrons. The van der Waals surface area contributed by atoms with Crippen LogP contribution in [0.5, 0.6) is 0 Å². The number of carbonyl (C=O) groups is 1. The number of nitrogens with zero attached hydrogens (tertiary/aromatic N) is 2. The summed E-state index contributed by atoms with van der Waals surface area (Å²) in [7, 11) is 1.36. The molecule has 6 heteroatoms. The largest absolute Gasteiger partial charge is 0.468 e. The van der Waals surface area contributed by atoms with E-state index in [0.717, 1.165) is 10.8 Å². The van der Waals surface area contributed by atoms with Gasteiger partial charge in [0.1, 0.15) is 11.3 Å². The van der Waals surface area contributed by atoms with Crippen LogP contribution in [0, 0.1) is 13.8 Å². The Morgan fingerprint density at radius 1 is 1.33 bits per heavy atom. The van der Waals surface area contributed by atoms with Crippen molar-refractivity contribution in [1.29, 1.82) is 0 Å². The number of hydrogen-bond donors (Lipinski definition) is 0. The molecule has 0 unspecified atom stereocenters. The van der Waals surface area contributed by atoms with Crippen LogP contribution < -0.4 is 0 Å². The minimum Gasteiger partial charge on any atom is -0.468 e. The van der Waals surface area contributed by atoms with Gasteiger partial charge in [-0.15, -0.1) is 0 Å². The van der Waals surface area contributed by atoms with Gasteiger partial charge in [0.15, 0.2) is 5.16 Å². The summed E-state index contributed by atoms with van der Waals surface area (Å²) in [6.45, 7) is 4.14. The molecule has 0 amide bonds. The lowest BCUT2D eigenvalue weighted by Crippen LogP contribution is -2.03. The molecule has 3 rings (SSSR count).